The summed E-state index contributed by atoms with van der Waals surface area (Å²) in [6.45, 7) is 4.79. The van der Waals surface area contributed by atoms with E-state index in [1.807, 2.05) is 0 Å². The lowest BCUT2D eigenvalue weighted by Crippen LogP contribution is -2.28. The van der Waals surface area contributed by atoms with Gasteiger partial charge in [0.2, 0.25) is 0 Å². The van der Waals surface area contributed by atoms with Gasteiger partial charge in [0, 0.05) is 6.61 Å². The molecule has 0 aromatic carbocycles. The summed E-state index contributed by atoms with van der Waals surface area (Å²) in [7, 11) is 0. The van der Waals surface area contributed by atoms with Gasteiger partial charge < -0.3 is 10.4 Å². The Balaban J connectivity index is 2.00. The van der Waals surface area contributed by atoms with Crippen LogP contribution in [0, 0.1) is 11.8 Å². The smallest absolute Gasteiger partial charge is 0.0434 e. The van der Waals surface area contributed by atoms with Gasteiger partial charge in [-0.3, -0.25) is 0 Å². The van der Waals surface area contributed by atoms with Gasteiger partial charge >= 0.3 is 0 Å². The highest BCUT2D eigenvalue weighted by molar-refractivity contribution is 7.99. The predicted molar refractivity (Wildman–Crippen MR) is 63.8 cm³/mol. The average Bonchev–Trinajstić information content (AvgIpc) is 2.69. The van der Waals surface area contributed by atoms with Crippen LogP contribution in [0.25, 0.3) is 0 Å². The molecule has 0 aromatic heterocycles. The van der Waals surface area contributed by atoms with E-state index < -0.39 is 0 Å². The average molecular weight is 217 g/mol. The molecule has 0 aliphatic carbocycles. The van der Waals surface area contributed by atoms with Crippen molar-refractivity contribution in [1.82, 2.24) is 5.32 Å². The number of thioether (sulfide) groups is 1. The second kappa shape index (κ2) is 7.55. The minimum atomic E-state index is 0.333. The Bertz CT molecular complexity index is 137. The molecule has 0 amide bonds. The van der Waals surface area contributed by atoms with Crippen molar-refractivity contribution in [2.75, 3.05) is 31.2 Å². The minimum Gasteiger partial charge on any atom is -0.396 e. The van der Waals surface area contributed by atoms with Gasteiger partial charge in [-0.2, -0.15) is 11.8 Å². The summed E-state index contributed by atoms with van der Waals surface area (Å²) in [6, 6.07) is 0. The lowest BCUT2D eigenvalue weighted by Gasteiger charge is -2.16. The number of hydrogen-bond donors (Lipinski definition) is 2. The molecular formula is C11H23NOS. The van der Waals surface area contributed by atoms with E-state index in [1.54, 1.807) is 0 Å². The third kappa shape index (κ3) is 4.67. The van der Waals surface area contributed by atoms with Crippen LogP contribution in [0.4, 0.5) is 0 Å². The van der Waals surface area contributed by atoms with E-state index in [-0.39, 0.29) is 0 Å². The molecule has 1 heterocycles. The zero-order valence-corrected chi connectivity index (χ0v) is 9.98. The molecule has 84 valence electrons. The Hall–Kier alpha value is 0.270. The van der Waals surface area contributed by atoms with E-state index >= 15 is 0 Å². The molecule has 14 heavy (non-hydrogen) atoms. The Morgan fingerprint density at radius 2 is 2.43 bits per heavy atom. The van der Waals surface area contributed by atoms with Crippen LogP contribution in [0.5, 0.6) is 0 Å². The number of aliphatic hydroxyl groups excluding tert-OH is 1. The first-order chi connectivity index (χ1) is 6.86. The number of hydrogen-bond acceptors (Lipinski definition) is 3. The Morgan fingerprint density at radius 3 is 3.00 bits per heavy atom. The van der Waals surface area contributed by atoms with Crippen LogP contribution in [0.1, 0.15) is 26.2 Å². The van der Waals surface area contributed by atoms with Crippen molar-refractivity contribution in [3.8, 4) is 0 Å². The highest BCUT2D eigenvalue weighted by atomic mass is 32.2. The fraction of sp³-hybridized carbons (Fsp3) is 1.00. The van der Waals surface area contributed by atoms with Gasteiger partial charge in [-0.15, -0.1) is 0 Å². The zero-order chi connectivity index (χ0) is 10.2. The van der Waals surface area contributed by atoms with Gasteiger partial charge in [-0.05, 0) is 49.3 Å². The lowest BCUT2D eigenvalue weighted by molar-refractivity contribution is 0.250. The molecule has 1 rings (SSSR count). The van der Waals surface area contributed by atoms with E-state index in [0.29, 0.717) is 12.5 Å². The van der Waals surface area contributed by atoms with Crippen molar-refractivity contribution in [3.63, 3.8) is 0 Å². The predicted octanol–water partition coefficient (Wildman–Crippen LogP) is 1.74. The van der Waals surface area contributed by atoms with Crippen molar-refractivity contribution in [3.05, 3.63) is 0 Å². The number of aliphatic hydroxyl groups is 1. The van der Waals surface area contributed by atoms with Gasteiger partial charge in [-0.1, -0.05) is 13.3 Å². The minimum absolute atomic E-state index is 0.333. The topological polar surface area (TPSA) is 32.3 Å². The van der Waals surface area contributed by atoms with Gasteiger partial charge in [0.1, 0.15) is 0 Å². The number of rotatable bonds is 7. The number of nitrogens with one attached hydrogen (secondary N) is 1. The molecule has 1 saturated heterocycles. The summed E-state index contributed by atoms with van der Waals surface area (Å²) in [6.07, 6.45) is 3.50. The van der Waals surface area contributed by atoms with Gasteiger partial charge in [0.05, 0.1) is 0 Å². The van der Waals surface area contributed by atoms with Crippen LogP contribution >= 0.6 is 11.8 Å². The van der Waals surface area contributed by atoms with Crippen molar-refractivity contribution < 1.29 is 5.11 Å². The normalized spacial score (nSPS) is 24.0. The SMILES string of the molecule is CCC(CCO)CNCC1CCSC1. The van der Waals surface area contributed by atoms with Gasteiger partial charge in [0.15, 0.2) is 0 Å². The summed E-state index contributed by atoms with van der Waals surface area (Å²) in [4.78, 5) is 0. The van der Waals surface area contributed by atoms with Crippen LogP contribution in [0.15, 0.2) is 0 Å². The first-order valence-electron chi connectivity index (χ1n) is 5.76. The summed E-state index contributed by atoms with van der Waals surface area (Å²) >= 11 is 2.08. The van der Waals surface area contributed by atoms with Crippen LogP contribution in [0.3, 0.4) is 0 Å². The van der Waals surface area contributed by atoms with E-state index in [0.717, 1.165) is 18.9 Å². The van der Waals surface area contributed by atoms with Crippen LogP contribution < -0.4 is 5.32 Å². The summed E-state index contributed by atoms with van der Waals surface area (Å²) in [5.41, 5.74) is 0. The summed E-state index contributed by atoms with van der Waals surface area (Å²) in [5, 5.41) is 12.4. The Morgan fingerprint density at radius 1 is 1.57 bits per heavy atom. The zero-order valence-electron chi connectivity index (χ0n) is 9.17. The maximum Gasteiger partial charge on any atom is 0.0434 e. The van der Waals surface area contributed by atoms with Crippen molar-refractivity contribution in [2.24, 2.45) is 11.8 Å². The van der Waals surface area contributed by atoms with Crippen LogP contribution in [-0.2, 0) is 0 Å². The van der Waals surface area contributed by atoms with Crippen molar-refractivity contribution >= 4 is 11.8 Å². The molecule has 1 fully saturated rings. The van der Waals surface area contributed by atoms with Crippen LogP contribution in [0.2, 0.25) is 0 Å². The second-order valence-corrected chi connectivity index (χ2v) is 5.32. The lowest BCUT2D eigenvalue weighted by atomic mass is 10.0. The van der Waals surface area contributed by atoms with Crippen LogP contribution in [-0.4, -0.2) is 36.3 Å². The standard InChI is InChI=1S/C11H23NOS/c1-2-10(3-5-13)7-12-8-11-4-6-14-9-11/h10-13H,2-9H2,1H3. The molecule has 1 aliphatic rings. The molecule has 3 heteroatoms. The third-order valence-corrected chi connectivity index (χ3v) is 4.24. The van der Waals surface area contributed by atoms with E-state index in [1.165, 1.54) is 30.9 Å². The maximum atomic E-state index is 8.85. The highest BCUT2D eigenvalue weighted by Gasteiger charge is 2.15. The monoisotopic (exact) mass is 217 g/mol. The molecule has 0 bridgehead atoms. The molecular weight excluding hydrogens is 194 g/mol. The molecule has 2 nitrogen and oxygen atoms in total. The third-order valence-electron chi connectivity index (χ3n) is 3.00. The fourth-order valence-corrected chi connectivity index (χ4v) is 3.15. The van der Waals surface area contributed by atoms with Gasteiger partial charge in [0.25, 0.3) is 0 Å². The molecule has 2 unspecified atom stereocenters. The van der Waals surface area contributed by atoms with E-state index in [9.17, 15) is 0 Å². The maximum absolute atomic E-state index is 8.85. The summed E-state index contributed by atoms with van der Waals surface area (Å²) in [5.74, 6) is 4.24. The van der Waals surface area contributed by atoms with E-state index in [2.05, 4.69) is 24.0 Å². The van der Waals surface area contributed by atoms with Crippen molar-refractivity contribution in [1.29, 1.82) is 0 Å². The van der Waals surface area contributed by atoms with Gasteiger partial charge in [-0.25, -0.2) is 0 Å². The molecule has 2 N–H and O–H groups in total. The molecule has 0 aromatic rings. The second-order valence-electron chi connectivity index (χ2n) is 4.17. The Kier molecular flexibility index (Phi) is 6.65. The highest BCUT2D eigenvalue weighted by Crippen LogP contribution is 2.22. The molecule has 0 spiro atoms. The van der Waals surface area contributed by atoms with E-state index in [4.69, 9.17) is 5.11 Å². The Labute approximate surface area is 91.9 Å². The molecule has 2 atom stereocenters. The molecule has 0 saturated carbocycles. The molecule has 0 radical (unpaired) electrons. The molecule has 1 aliphatic heterocycles. The first-order valence-corrected chi connectivity index (χ1v) is 6.91. The largest absolute Gasteiger partial charge is 0.396 e. The first kappa shape index (κ1) is 12.3. The summed E-state index contributed by atoms with van der Waals surface area (Å²) < 4.78 is 0. The van der Waals surface area contributed by atoms with Crippen molar-refractivity contribution in [2.45, 2.75) is 26.2 Å². The fourth-order valence-electron chi connectivity index (χ4n) is 1.87. The quantitative estimate of drug-likeness (QED) is 0.681.